The van der Waals surface area contributed by atoms with Gasteiger partial charge in [0.05, 0.1) is 5.52 Å². The van der Waals surface area contributed by atoms with Crippen molar-refractivity contribution in [3.05, 3.63) is 36.0 Å². The normalized spacial score (nSPS) is 19.1. The van der Waals surface area contributed by atoms with Gasteiger partial charge in [-0.2, -0.15) is 0 Å². The van der Waals surface area contributed by atoms with E-state index in [1.165, 1.54) is 0 Å². The van der Waals surface area contributed by atoms with Crippen LogP contribution < -0.4 is 10.1 Å². The van der Waals surface area contributed by atoms with Gasteiger partial charge in [0, 0.05) is 44.3 Å². The van der Waals surface area contributed by atoms with E-state index in [4.69, 9.17) is 9.47 Å². The topological polar surface area (TPSA) is 63.7 Å². The third-order valence-corrected chi connectivity index (χ3v) is 6.58. The highest BCUT2D eigenvalue weighted by molar-refractivity contribution is 5.95. The van der Waals surface area contributed by atoms with Gasteiger partial charge in [-0.25, -0.2) is 4.98 Å². The maximum Gasteiger partial charge on any atom is 0.269 e. The van der Waals surface area contributed by atoms with E-state index in [0.717, 1.165) is 75.1 Å². The first kappa shape index (κ1) is 22.0. The van der Waals surface area contributed by atoms with Gasteiger partial charge in [-0.05, 0) is 76.1 Å². The summed E-state index contributed by atoms with van der Waals surface area (Å²) in [6, 6.07) is 10.3. The van der Waals surface area contributed by atoms with Crippen molar-refractivity contribution in [1.82, 2.24) is 15.2 Å². The Balaban J connectivity index is 1.30. The molecule has 0 aliphatic carbocycles. The minimum absolute atomic E-state index is 0.105. The number of carbonyl (C=O) groups is 1. The Bertz CT molecular complexity index is 871. The molecule has 6 nitrogen and oxygen atoms in total. The summed E-state index contributed by atoms with van der Waals surface area (Å²) < 4.78 is 11.6. The van der Waals surface area contributed by atoms with E-state index in [2.05, 4.69) is 29.0 Å². The predicted molar refractivity (Wildman–Crippen MR) is 123 cm³/mol. The van der Waals surface area contributed by atoms with E-state index >= 15 is 0 Å². The lowest BCUT2D eigenvalue weighted by Gasteiger charge is -2.34. The first-order valence-electron chi connectivity index (χ1n) is 11.8. The van der Waals surface area contributed by atoms with Gasteiger partial charge >= 0.3 is 0 Å². The number of ether oxygens (including phenoxy) is 2. The Labute approximate surface area is 185 Å². The molecule has 4 rings (SSSR count). The molecule has 2 aromatic rings. The molecule has 0 atom stereocenters. The van der Waals surface area contributed by atoms with Crippen LogP contribution in [0.4, 0.5) is 0 Å². The molecule has 3 heterocycles. The zero-order valence-corrected chi connectivity index (χ0v) is 18.8. The minimum Gasteiger partial charge on any atom is -0.490 e. The molecule has 1 amide bonds. The Kier molecular flexibility index (Phi) is 7.41. The lowest BCUT2D eigenvalue weighted by Crippen LogP contribution is -2.41. The molecular formula is C25H35N3O3. The van der Waals surface area contributed by atoms with Gasteiger partial charge < -0.3 is 19.7 Å². The standard InChI is InChI=1S/C25H35N3O3/c1-18(2)28-13-8-21(9-14-28)31-22-4-6-23-20(17-22)3-5-24(27-23)25(29)26-12-7-19-10-15-30-16-11-19/h3-6,17-19,21H,7-16H2,1-2H3,(H,26,29). The van der Waals surface area contributed by atoms with Gasteiger partial charge in [0.15, 0.2) is 0 Å². The van der Waals surface area contributed by atoms with Crippen LogP contribution in [0.15, 0.2) is 30.3 Å². The monoisotopic (exact) mass is 425 g/mol. The van der Waals surface area contributed by atoms with Crippen molar-refractivity contribution in [3.63, 3.8) is 0 Å². The van der Waals surface area contributed by atoms with Gasteiger partial charge in [0.1, 0.15) is 17.5 Å². The molecule has 0 bridgehead atoms. The summed E-state index contributed by atoms with van der Waals surface area (Å²) in [4.78, 5) is 19.6. The summed E-state index contributed by atoms with van der Waals surface area (Å²) in [6.45, 7) is 9.04. The number of pyridine rings is 1. The molecular weight excluding hydrogens is 390 g/mol. The number of hydrogen-bond acceptors (Lipinski definition) is 5. The van der Waals surface area contributed by atoms with Gasteiger partial charge in [-0.3, -0.25) is 4.79 Å². The summed E-state index contributed by atoms with van der Waals surface area (Å²) >= 11 is 0. The third kappa shape index (κ3) is 5.95. The number of piperidine rings is 1. The number of nitrogens with zero attached hydrogens (tertiary/aromatic N) is 2. The lowest BCUT2D eigenvalue weighted by atomic mass is 9.97. The highest BCUT2D eigenvalue weighted by atomic mass is 16.5. The average molecular weight is 426 g/mol. The first-order chi connectivity index (χ1) is 15.1. The van der Waals surface area contributed by atoms with Gasteiger partial charge in [-0.1, -0.05) is 6.07 Å². The van der Waals surface area contributed by atoms with Crippen molar-refractivity contribution in [1.29, 1.82) is 0 Å². The number of fused-ring (bicyclic) bond motifs is 1. The SMILES string of the molecule is CC(C)N1CCC(Oc2ccc3nc(C(=O)NCCC4CCOCC4)ccc3c2)CC1. The van der Waals surface area contributed by atoms with Crippen LogP contribution in [0.3, 0.4) is 0 Å². The largest absolute Gasteiger partial charge is 0.490 e. The summed E-state index contributed by atoms with van der Waals surface area (Å²) in [5.74, 6) is 1.42. The highest BCUT2D eigenvalue weighted by Gasteiger charge is 2.22. The number of carbonyl (C=O) groups excluding carboxylic acids is 1. The van der Waals surface area contributed by atoms with Crippen molar-refractivity contribution < 1.29 is 14.3 Å². The first-order valence-corrected chi connectivity index (χ1v) is 11.8. The van der Waals surface area contributed by atoms with Gasteiger partial charge in [0.2, 0.25) is 0 Å². The number of hydrogen-bond donors (Lipinski definition) is 1. The summed E-state index contributed by atoms with van der Waals surface area (Å²) in [5, 5.41) is 4.01. The second-order valence-electron chi connectivity index (χ2n) is 9.10. The summed E-state index contributed by atoms with van der Waals surface area (Å²) in [7, 11) is 0. The number of rotatable bonds is 7. The molecule has 0 spiro atoms. The quantitative estimate of drug-likeness (QED) is 0.726. The number of aromatic nitrogens is 1. The molecule has 0 saturated carbocycles. The third-order valence-electron chi connectivity index (χ3n) is 6.58. The number of amides is 1. The zero-order valence-electron chi connectivity index (χ0n) is 18.8. The van der Waals surface area contributed by atoms with E-state index in [1.54, 1.807) is 6.07 Å². The number of benzene rings is 1. The second kappa shape index (κ2) is 10.4. The van der Waals surface area contributed by atoms with Crippen molar-refractivity contribution in [3.8, 4) is 5.75 Å². The molecule has 1 aromatic carbocycles. The van der Waals surface area contributed by atoms with Crippen LogP contribution >= 0.6 is 0 Å². The molecule has 31 heavy (non-hydrogen) atoms. The van der Waals surface area contributed by atoms with E-state index in [1.807, 2.05) is 24.3 Å². The molecule has 2 aliphatic rings. The molecule has 2 fully saturated rings. The van der Waals surface area contributed by atoms with Crippen molar-refractivity contribution in [2.75, 3.05) is 32.8 Å². The Morgan fingerprint density at radius 1 is 1.16 bits per heavy atom. The van der Waals surface area contributed by atoms with Crippen molar-refractivity contribution in [2.24, 2.45) is 5.92 Å². The lowest BCUT2D eigenvalue weighted by molar-refractivity contribution is 0.0636. The van der Waals surface area contributed by atoms with Crippen LogP contribution in [0.2, 0.25) is 0 Å². The molecule has 0 unspecified atom stereocenters. The summed E-state index contributed by atoms with van der Waals surface area (Å²) in [5.41, 5.74) is 1.29. The van der Waals surface area contributed by atoms with Gasteiger partial charge in [0.25, 0.3) is 5.91 Å². The van der Waals surface area contributed by atoms with E-state index < -0.39 is 0 Å². The fourth-order valence-corrected chi connectivity index (χ4v) is 4.52. The number of nitrogens with one attached hydrogen (secondary N) is 1. The molecule has 2 aliphatic heterocycles. The van der Waals surface area contributed by atoms with Crippen LogP contribution in [0, 0.1) is 5.92 Å². The fourth-order valence-electron chi connectivity index (χ4n) is 4.52. The molecule has 168 valence electrons. The fraction of sp³-hybridized carbons (Fsp3) is 0.600. The molecule has 0 radical (unpaired) electrons. The predicted octanol–water partition coefficient (Wildman–Crippen LogP) is 4.03. The molecule has 2 saturated heterocycles. The van der Waals surface area contributed by atoms with E-state index in [9.17, 15) is 4.79 Å². The average Bonchev–Trinajstić information content (AvgIpc) is 2.79. The molecule has 1 aromatic heterocycles. The second-order valence-corrected chi connectivity index (χ2v) is 9.10. The Hall–Kier alpha value is -2.18. The van der Waals surface area contributed by atoms with E-state index in [-0.39, 0.29) is 12.0 Å². The van der Waals surface area contributed by atoms with Crippen LogP contribution in [-0.4, -0.2) is 60.8 Å². The van der Waals surface area contributed by atoms with Crippen LogP contribution in [0.25, 0.3) is 10.9 Å². The zero-order chi connectivity index (χ0) is 21.6. The van der Waals surface area contributed by atoms with Crippen LogP contribution in [0.1, 0.15) is 56.4 Å². The molecule has 1 N–H and O–H groups in total. The van der Waals surface area contributed by atoms with E-state index in [0.29, 0.717) is 24.2 Å². The maximum atomic E-state index is 12.5. The Morgan fingerprint density at radius 3 is 2.68 bits per heavy atom. The van der Waals surface area contributed by atoms with Crippen molar-refractivity contribution in [2.45, 2.75) is 58.1 Å². The van der Waals surface area contributed by atoms with Crippen molar-refractivity contribution >= 4 is 16.8 Å². The smallest absolute Gasteiger partial charge is 0.269 e. The van der Waals surface area contributed by atoms with Crippen LogP contribution in [-0.2, 0) is 4.74 Å². The minimum atomic E-state index is -0.105. The van der Waals surface area contributed by atoms with Gasteiger partial charge in [-0.15, -0.1) is 0 Å². The summed E-state index contributed by atoms with van der Waals surface area (Å²) in [6.07, 6.45) is 5.56. The molecule has 6 heteroatoms. The highest BCUT2D eigenvalue weighted by Crippen LogP contribution is 2.24. The Morgan fingerprint density at radius 2 is 1.94 bits per heavy atom. The number of likely N-dealkylation sites (tertiary alicyclic amines) is 1. The van der Waals surface area contributed by atoms with Crippen LogP contribution in [0.5, 0.6) is 5.75 Å². The maximum absolute atomic E-state index is 12.5.